The summed E-state index contributed by atoms with van der Waals surface area (Å²) in [6, 6.07) is 2.30. The Morgan fingerprint density at radius 3 is 3.00 bits per heavy atom. The molecule has 1 saturated carbocycles. The normalized spacial score (nSPS) is 14.7. The summed E-state index contributed by atoms with van der Waals surface area (Å²) in [4.78, 5) is 14.8. The number of carbonyl (C=O) groups excluding carboxylic acids is 1. The minimum atomic E-state index is 0.0889. The molecular formula is C13H16N2OS. The van der Waals surface area contributed by atoms with Gasteiger partial charge in [0.15, 0.2) is 0 Å². The molecule has 0 aromatic carbocycles. The molecule has 90 valence electrons. The first kappa shape index (κ1) is 12.2. The molecule has 1 aliphatic rings. The van der Waals surface area contributed by atoms with Crippen LogP contribution in [0.25, 0.3) is 0 Å². The molecule has 0 radical (unpaired) electrons. The molecule has 0 unspecified atom stereocenters. The summed E-state index contributed by atoms with van der Waals surface area (Å²) in [6.45, 7) is 0.321. The standard InChI is InChI=1S/C13H16N2OS/c1-15(11-5-2-6-11)13(16)12-10(4-3-8-14)7-9-17-12/h7,9,11H,2,5-6,8,14H2,1H3. The number of amides is 1. The largest absolute Gasteiger partial charge is 0.338 e. The molecule has 2 rings (SSSR count). The van der Waals surface area contributed by atoms with Crippen molar-refractivity contribution < 1.29 is 4.79 Å². The maximum Gasteiger partial charge on any atom is 0.265 e. The smallest absolute Gasteiger partial charge is 0.265 e. The molecule has 0 atom stereocenters. The number of hydrogen-bond acceptors (Lipinski definition) is 3. The van der Waals surface area contributed by atoms with Gasteiger partial charge in [-0.25, -0.2) is 0 Å². The maximum atomic E-state index is 12.3. The Labute approximate surface area is 106 Å². The summed E-state index contributed by atoms with van der Waals surface area (Å²) < 4.78 is 0. The van der Waals surface area contributed by atoms with Crippen LogP contribution >= 0.6 is 11.3 Å². The second-order valence-corrected chi connectivity index (χ2v) is 5.09. The van der Waals surface area contributed by atoms with Gasteiger partial charge in [0, 0.05) is 18.7 Å². The molecule has 0 spiro atoms. The minimum absolute atomic E-state index is 0.0889. The van der Waals surface area contributed by atoms with E-state index in [1.807, 2.05) is 23.4 Å². The molecule has 0 aliphatic heterocycles. The zero-order chi connectivity index (χ0) is 12.3. The van der Waals surface area contributed by atoms with E-state index >= 15 is 0 Å². The highest BCUT2D eigenvalue weighted by molar-refractivity contribution is 7.12. The van der Waals surface area contributed by atoms with Gasteiger partial charge in [-0.2, -0.15) is 0 Å². The van der Waals surface area contributed by atoms with Crippen molar-refractivity contribution in [2.45, 2.75) is 25.3 Å². The quantitative estimate of drug-likeness (QED) is 0.809. The summed E-state index contributed by atoms with van der Waals surface area (Å²) in [5, 5.41) is 1.91. The van der Waals surface area contributed by atoms with Crippen molar-refractivity contribution in [2.75, 3.05) is 13.6 Å². The molecule has 0 saturated heterocycles. The Hall–Kier alpha value is -1.31. The molecular weight excluding hydrogens is 232 g/mol. The van der Waals surface area contributed by atoms with Crippen LogP contribution in [0.4, 0.5) is 0 Å². The zero-order valence-electron chi connectivity index (χ0n) is 9.90. The second kappa shape index (κ2) is 5.35. The third-order valence-corrected chi connectivity index (χ3v) is 4.03. The topological polar surface area (TPSA) is 46.3 Å². The SMILES string of the molecule is CN(C(=O)c1sccc1C#CCN)C1CCC1. The van der Waals surface area contributed by atoms with Crippen molar-refractivity contribution in [3.63, 3.8) is 0 Å². The Morgan fingerprint density at radius 1 is 1.65 bits per heavy atom. The zero-order valence-corrected chi connectivity index (χ0v) is 10.7. The maximum absolute atomic E-state index is 12.3. The van der Waals surface area contributed by atoms with Crippen molar-refractivity contribution in [1.29, 1.82) is 0 Å². The van der Waals surface area contributed by atoms with E-state index in [-0.39, 0.29) is 5.91 Å². The second-order valence-electron chi connectivity index (χ2n) is 4.17. The van der Waals surface area contributed by atoms with Gasteiger partial charge in [0.25, 0.3) is 5.91 Å². The third kappa shape index (κ3) is 2.51. The lowest BCUT2D eigenvalue weighted by molar-refractivity contribution is 0.0657. The highest BCUT2D eigenvalue weighted by Crippen LogP contribution is 2.26. The van der Waals surface area contributed by atoms with Crippen LogP contribution in [-0.2, 0) is 0 Å². The van der Waals surface area contributed by atoms with Crippen LogP contribution < -0.4 is 5.73 Å². The van der Waals surface area contributed by atoms with Crippen LogP contribution in [0.15, 0.2) is 11.4 Å². The Bertz CT molecular complexity index is 465. The van der Waals surface area contributed by atoms with Crippen molar-refractivity contribution in [1.82, 2.24) is 4.90 Å². The van der Waals surface area contributed by atoms with E-state index in [9.17, 15) is 4.79 Å². The molecule has 1 amide bonds. The van der Waals surface area contributed by atoms with E-state index in [2.05, 4.69) is 11.8 Å². The van der Waals surface area contributed by atoms with Gasteiger partial charge in [0.1, 0.15) is 4.88 Å². The predicted octanol–water partition coefficient (Wildman–Crippen LogP) is 1.68. The van der Waals surface area contributed by atoms with Crippen molar-refractivity contribution in [2.24, 2.45) is 5.73 Å². The van der Waals surface area contributed by atoms with Crippen LogP contribution in [0.3, 0.4) is 0 Å². The molecule has 17 heavy (non-hydrogen) atoms. The van der Waals surface area contributed by atoms with Crippen molar-refractivity contribution in [3.05, 3.63) is 21.9 Å². The number of rotatable bonds is 2. The van der Waals surface area contributed by atoms with Gasteiger partial charge in [-0.05, 0) is 30.7 Å². The molecule has 1 aliphatic carbocycles. The molecule has 3 nitrogen and oxygen atoms in total. The fraction of sp³-hybridized carbons (Fsp3) is 0.462. The number of nitrogens with two attached hydrogens (primary N) is 1. The molecule has 4 heteroatoms. The highest BCUT2D eigenvalue weighted by Gasteiger charge is 2.27. The van der Waals surface area contributed by atoms with Gasteiger partial charge in [-0.3, -0.25) is 4.79 Å². The number of nitrogens with zero attached hydrogens (tertiary/aromatic N) is 1. The third-order valence-electron chi connectivity index (χ3n) is 3.13. The summed E-state index contributed by atoms with van der Waals surface area (Å²) in [7, 11) is 1.88. The monoisotopic (exact) mass is 248 g/mol. The van der Waals surface area contributed by atoms with Gasteiger partial charge in [-0.15, -0.1) is 11.3 Å². The summed E-state index contributed by atoms with van der Waals surface area (Å²) in [5.41, 5.74) is 6.15. The lowest BCUT2D eigenvalue weighted by Crippen LogP contribution is -2.41. The van der Waals surface area contributed by atoms with Gasteiger partial charge in [0.05, 0.1) is 6.54 Å². The van der Waals surface area contributed by atoms with E-state index < -0.39 is 0 Å². The molecule has 1 aromatic heterocycles. The molecule has 1 aromatic rings. The lowest BCUT2D eigenvalue weighted by Gasteiger charge is -2.34. The fourth-order valence-electron chi connectivity index (χ4n) is 1.82. The lowest BCUT2D eigenvalue weighted by atomic mass is 9.92. The average Bonchev–Trinajstić information content (AvgIpc) is 2.70. The van der Waals surface area contributed by atoms with Crippen LogP contribution in [0.5, 0.6) is 0 Å². The van der Waals surface area contributed by atoms with Crippen LogP contribution in [0, 0.1) is 11.8 Å². The van der Waals surface area contributed by atoms with Crippen LogP contribution in [0.1, 0.15) is 34.5 Å². The summed E-state index contributed by atoms with van der Waals surface area (Å²) in [5.74, 6) is 5.84. The number of carbonyl (C=O) groups is 1. The number of thiophene rings is 1. The van der Waals surface area contributed by atoms with E-state index in [0.717, 1.165) is 23.3 Å². The van der Waals surface area contributed by atoms with E-state index in [4.69, 9.17) is 5.73 Å². The highest BCUT2D eigenvalue weighted by atomic mass is 32.1. The first-order valence-electron chi connectivity index (χ1n) is 5.77. The predicted molar refractivity (Wildman–Crippen MR) is 70.0 cm³/mol. The summed E-state index contributed by atoms with van der Waals surface area (Å²) in [6.07, 6.45) is 3.47. The average molecular weight is 248 g/mol. The molecule has 1 fully saturated rings. The molecule has 1 heterocycles. The first-order valence-corrected chi connectivity index (χ1v) is 6.65. The van der Waals surface area contributed by atoms with Crippen LogP contribution in [0.2, 0.25) is 0 Å². The summed E-state index contributed by atoms with van der Waals surface area (Å²) >= 11 is 1.45. The van der Waals surface area contributed by atoms with E-state index in [0.29, 0.717) is 12.6 Å². The Kier molecular flexibility index (Phi) is 3.82. The molecule has 0 bridgehead atoms. The van der Waals surface area contributed by atoms with Crippen LogP contribution in [-0.4, -0.2) is 30.4 Å². The van der Waals surface area contributed by atoms with Gasteiger partial charge >= 0.3 is 0 Å². The Balaban J connectivity index is 2.15. The van der Waals surface area contributed by atoms with Gasteiger partial charge in [-0.1, -0.05) is 11.8 Å². The first-order chi connectivity index (χ1) is 8.24. The fourth-order valence-corrected chi connectivity index (χ4v) is 2.65. The van der Waals surface area contributed by atoms with E-state index in [1.165, 1.54) is 17.8 Å². The van der Waals surface area contributed by atoms with E-state index in [1.54, 1.807) is 0 Å². The molecule has 2 N–H and O–H groups in total. The van der Waals surface area contributed by atoms with Crippen molar-refractivity contribution in [3.8, 4) is 11.8 Å². The Morgan fingerprint density at radius 2 is 2.41 bits per heavy atom. The number of hydrogen-bond donors (Lipinski definition) is 1. The van der Waals surface area contributed by atoms with Gasteiger partial charge < -0.3 is 10.6 Å². The van der Waals surface area contributed by atoms with Crippen molar-refractivity contribution >= 4 is 17.2 Å². The minimum Gasteiger partial charge on any atom is -0.338 e. The van der Waals surface area contributed by atoms with Gasteiger partial charge in [0.2, 0.25) is 0 Å².